The van der Waals surface area contributed by atoms with Gasteiger partial charge in [-0.3, -0.25) is 0 Å². The van der Waals surface area contributed by atoms with Gasteiger partial charge in [-0.15, -0.1) is 0 Å². The van der Waals surface area contributed by atoms with E-state index in [0.717, 1.165) is 5.69 Å². The minimum Gasteiger partial charge on any atom is -0.375 e. The van der Waals surface area contributed by atoms with Gasteiger partial charge >= 0.3 is 0 Å². The number of halogens is 1. The fraction of sp³-hybridized carbons (Fsp3) is 0.375. The molecular weight excluding hydrogens is 162 g/mol. The summed E-state index contributed by atoms with van der Waals surface area (Å²) in [6.45, 7) is 3.19. The van der Waals surface area contributed by atoms with Crippen LogP contribution in [0.1, 0.15) is 12.6 Å². The Hall–Kier alpha value is -0.600. The van der Waals surface area contributed by atoms with Crippen molar-refractivity contribution in [2.75, 3.05) is 6.61 Å². The summed E-state index contributed by atoms with van der Waals surface area (Å²) in [6.07, 6.45) is 0. The van der Waals surface area contributed by atoms with E-state index in [1.165, 1.54) is 0 Å². The summed E-state index contributed by atoms with van der Waals surface area (Å²) in [6, 6.07) is 5.50. The van der Waals surface area contributed by atoms with Crippen molar-refractivity contribution in [3.63, 3.8) is 0 Å². The monoisotopic (exact) mass is 171 g/mol. The largest absolute Gasteiger partial charge is 0.375 e. The molecule has 1 rings (SSSR count). The maximum atomic E-state index is 5.66. The summed E-state index contributed by atoms with van der Waals surface area (Å²) < 4.78 is 5.15. The first-order valence-electron chi connectivity index (χ1n) is 3.52. The molecule has 0 amide bonds. The Morgan fingerprint density at radius 1 is 1.55 bits per heavy atom. The van der Waals surface area contributed by atoms with Crippen molar-refractivity contribution in [2.24, 2.45) is 0 Å². The van der Waals surface area contributed by atoms with E-state index >= 15 is 0 Å². The van der Waals surface area contributed by atoms with Gasteiger partial charge in [-0.05, 0) is 19.1 Å². The van der Waals surface area contributed by atoms with Gasteiger partial charge < -0.3 is 4.74 Å². The van der Waals surface area contributed by atoms with Crippen LogP contribution in [0.15, 0.2) is 18.2 Å². The van der Waals surface area contributed by atoms with Crippen molar-refractivity contribution in [1.82, 2.24) is 4.98 Å². The Labute approximate surface area is 71.2 Å². The molecule has 0 spiro atoms. The minimum atomic E-state index is 0.516. The average molecular weight is 172 g/mol. The van der Waals surface area contributed by atoms with Gasteiger partial charge in [-0.1, -0.05) is 17.7 Å². The second-order valence-electron chi connectivity index (χ2n) is 2.09. The zero-order valence-corrected chi connectivity index (χ0v) is 7.14. The molecule has 2 nitrogen and oxygen atoms in total. The summed E-state index contributed by atoms with van der Waals surface area (Å²) in [5.74, 6) is 0. The third-order valence-electron chi connectivity index (χ3n) is 1.23. The Morgan fingerprint density at radius 3 is 3.00 bits per heavy atom. The molecular formula is C8H10ClNO. The summed E-state index contributed by atoms with van der Waals surface area (Å²) in [5.41, 5.74) is 0.874. The lowest BCUT2D eigenvalue weighted by Gasteiger charge is -1.99. The first kappa shape index (κ1) is 8.50. The van der Waals surface area contributed by atoms with Gasteiger partial charge in [0.2, 0.25) is 0 Å². The van der Waals surface area contributed by atoms with Gasteiger partial charge in [0, 0.05) is 6.61 Å². The molecule has 0 aliphatic rings. The van der Waals surface area contributed by atoms with Crippen LogP contribution in [-0.4, -0.2) is 11.6 Å². The fourth-order valence-electron chi connectivity index (χ4n) is 0.737. The highest BCUT2D eigenvalue weighted by Gasteiger charge is 1.93. The number of aromatic nitrogens is 1. The zero-order valence-electron chi connectivity index (χ0n) is 6.38. The zero-order chi connectivity index (χ0) is 8.10. The Balaban J connectivity index is 2.56. The van der Waals surface area contributed by atoms with Crippen LogP contribution in [0.25, 0.3) is 0 Å². The molecule has 0 atom stereocenters. The molecule has 0 saturated carbocycles. The van der Waals surface area contributed by atoms with Crippen molar-refractivity contribution in [3.8, 4) is 0 Å². The predicted octanol–water partition coefficient (Wildman–Crippen LogP) is 2.27. The molecule has 1 heterocycles. The van der Waals surface area contributed by atoms with Crippen LogP contribution in [0.2, 0.25) is 5.15 Å². The molecule has 60 valence electrons. The van der Waals surface area contributed by atoms with Gasteiger partial charge in [-0.2, -0.15) is 0 Å². The van der Waals surface area contributed by atoms with E-state index in [2.05, 4.69) is 4.98 Å². The molecule has 0 bridgehead atoms. The molecule has 0 aliphatic heterocycles. The van der Waals surface area contributed by atoms with Crippen LogP contribution < -0.4 is 0 Å². The van der Waals surface area contributed by atoms with Gasteiger partial charge in [0.1, 0.15) is 5.15 Å². The van der Waals surface area contributed by atoms with E-state index in [0.29, 0.717) is 18.4 Å². The lowest BCUT2D eigenvalue weighted by atomic mass is 10.4. The van der Waals surface area contributed by atoms with Crippen LogP contribution in [0, 0.1) is 0 Å². The van der Waals surface area contributed by atoms with E-state index in [4.69, 9.17) is 16.3 Å². The third kappa shape index (κ3) is 2.87. The molecule has 0 saturated heterocycles. The van der Waals surface area contributed by atoms with E-state index in [1.54, 1.807) is 6.07 Å². The Kier molecular flexibility index (Phi) is 3.33. The highest BCUT2D eigenvalue weighted by Crippen LogP contribution is 2.05. The van der Waals surface area contributed by atoms with Crippen molar-refractivity contribution in [2.45, 2.75) is 13.5 Å². The first-order chi connectivity index (χ1) is 5.33. The number of pyridine rings is 1. The maximum Gasteiger partial charge on any atom is 0.129 e. The molecule has 0 aromatic carbocycles. The van der Waals surface area contributed by atoms with Crippen molar-refractivity contribution < 1.29 is 4.74 Å². The lowest BCUT2D eigenvalue weighted by Crippen LogP contribution is -1.94. The summed E-state index contributed by atoms with van der Waals surface area (Å²) in [4.78, 5) is 4.05. The average Bonchev–Trinajstić information content (AvgIpc) is 2.01. The summed E-state index contributed by atoms with van der Waals surface area (Å²) in [5, 5.41) is 0.516. The second kappa shape index (κ2) is 4.31. The predicted molar refractivity (Wildman–Crippen MR) is 44.6 cm³/mol. The van der Waals surface area contributed by atoms with E-state index in [-0.39, 0.29) is 0 Å². The van der Waals surface area contributed by atoms with Gasteiger partial charge in [0.05, 0.1) is 12.3 Å². The maximum absolute atomic E-state index is 5.66. The topological polar surface area (TPSA) is 22.1 Å². The highest BCUT2D eigenvalue weighted by atomic mass is 35.5. The number of nitrogens with zero attached hydrogens (tertiary/aromatic N) is 1. The molecule has 3 heteroatoms. The first-order valence-corrected chi connectivity index (χ1v) is 3.90. The van der Waals surface area contributed by atoms with Crippen LogP contribution in [0.3, 0.4) is 0 Å². The molecule has 1 aromatic rings. The van der Waals surface area contributed by atoms with Gasteiger partial charge in [0.25, 0.3) is 0 Å². The van der Waals surface area contributed by atoms with Crippen LogP contribution in [0.5, 0.6) is 0 Å². The standard InChI is InChI=1S/C8H10ClNO/c1-2-11-6-7-4-3-5-8(9)10-7/h3-5H,2,6H2,1H3. The molecule has 11 heavy (non-hydrogen) atoms. The van der Waals surface area contributed by atoms with E-state index in [1.807, 2.05) is 19.1 Å². The Bertz CT molecular complexity index is 227. The van der Waals surface area contributed by atoms with Crippen molar-refractivity contribution in [3.05, 3.63) is 29.0 Å². The molecule has 0 fully saturated rings. The number of ether oxygens (including phenoxy) is 1. The third-order valence-corrected chi connectivity index (χ3v) is 1.44. The normalized spacial score (nSPS) is 10.0. The molecule has 0 unspecified atom stereocenters. The fourth-order valence-corrected chi connectivity index (χ4v) is 0.919. The molecule has 0 aliphatic carbocycles. The van der Waals surface area contributed by atoms with Crippen LogP contribution >= 0.6 is 11.6 Å². The lowest BCUT2D eigenvalue weighted by molar-refractivity contribution is 0.131. The van der Waals surface area contributed by atoms with Gasteiger partial charge in [0.15, 0.2) is 0 Å². The molecule has 1 aromatic heterocycles. The minimum absolute atomic E-state index is 0.516. The van der Waals surface area contributed by atoms with Crippen molar-refractivity contribution >= 4 is 11.6 Å². The summed E-state index contributed by atoms with van der Waals surface area (Å²) in [7, 11) is 0. The highest BCUT2D eigenvalue weighted by molar-refractivity contribution is 6.29. The van der Waals surface area contributed by atoms with Crippen LogP contribution in [0.4, 0.5) is 0 Å². The number of hydrogen-bond donors (Lipinski definition) is 0. The Morgan fingerprint density at radius 2 is 2.36 bits per heavy atom. The van der Waals surface area contributed by atoms with Gasteiger partial charge in [-0.25, -0.2) is 4.98 Å². The SMILES string of the molecule is CCOCc1cccc(Cl)n1. The smallest absolute Gasteiger partial charge is 0.129 e. The quantitative estimate of drug-likeness (QED) is 0.651. The summed E-state index contributed by atoms with van der Waals surface area (Å²) >= 11 is 5.66. The molecule has 0 N–H and O–H groups in total. The second-order valence-corrected chi connectivity index (χ2v) is 2.48. The van der Waals surface area contributed by atoms with Crippen molar-refractivity contribution in [1.29, 1.82) is 0 Å². The van der Waals surface area contributed by atoms with Crippen LogP contribution in [-0.2, 0) is 11.3 Å². The number of hydrogen-bond acceptors (Lipinski definition) is 2. The van der Waals surface area contributed by atoms with E-state index in [9.17, 15) is 0 Å². The number of rotatable bonds is 3. The molecule has 0 radical (unpaired) electrons. The van der Waals surface area contributed by atoms with E-state index < -0.39 is 0 Å².